The Morgan fingerprint density at radius 3 is 2.70 bits per heavy atom. The molecular weight excluding hydrogens is 300 g/mol. The summed E-state index contributed by atoms with van der Waals surface area (Å²) < 4.78 is 11.5. The van der Waals surface area contributed by atoms with Crippen LogP contribution in [0.25, 0.3) is 0 Å². The number of carboxylic acids is 1. The molecule has 0 aromatic heterocycles. The van der Waals surface area contributed by atoms with Crippen LogP contribution in [0.3, 0.4) is 0 Å². The molecule has 7 heteroatoms. The summed E-state index contributed by atoms with van der Waals surface area (Å²) >= 11 is 0. The summed E-state index contributed by atoms with van der Waals surface area (Å²) in [6, 6.07) is 8.80. The number of hydrogen-bond donors (Lipinski definition) is 3. The molecule has 1 aliphatic carbocycles. The normalized spacial score (nSPS) is 22.7. The van der Waals surface area contributed by atoms with Gasteiger partial charge in [0.05, 0.1) is 18.6 Å². The van der Waals surface area contributed by atoms with Crippen LogP contribution in [0.2, 0.25) is 0 Å². The highest BCUT2D eigenvalue weighted by molar-refractivity contribution is 5.75. The maximum absolute atomic E-state index is 11.8. The van der Waals surface area contributed by atoms with E-state index in [0.29, 0.717) is 13.0 Å². The van der Waals surface area contributed by atoms with Crippen molar-refractivity contribution in [1.29, 1.82) is 0 Å². The number of carbonyl (C=O) groups excluding carboxylic acids is 1. The van der Waals surface area contributed by atoms with E-state index in [1.165, 1.54) is 0 Å². The van der Waals surface area contributed by atoms with Gasteiger partial charge in [-0.1, -0.05) is 18.2 Å². The Hall–Kier alpha value is -2.28. The monoisotopic (exact) mass is 322 g/mol. The number of benzene rings is 1. The summed E-state index contributed by atoms with van der Waals surface area (Å²) in [7, 11) is 0. The fourth-order valence-corrected chi connectivity index (χ4v) is 2.42. The summed E-state index contributed by atoms with van der Waals surface area (Å²) in [6.45, 7) is 2.59. The quantitative estimate of drug-likeness (QED) is 0.672. The van der Waals surface area contributed by atoms with Gasteiger partial charge in [-0.25, -0.2) is 4.79 Å². The molecule has 1 aliphatic rings. The molecule has 23 heavy (non-hydrogen) atoms. The lowest BCUT2D eigenvalue weighted by Gasteiger charge is -2.43. The van der Waals surface area contributed by atoms with Crippen LogP contribution in [0, 0.1) is 0 Å². The molecule has 1 aromatic rings. The van der Waals surface area contributed by atoms with Gasteiger partial charge in [0, 0.05) is 19.6 Å². The number of aliphatic carboxylic acids is 1. The predicted molar refractivity (Wildman–Crippen MR) is 83.5 cm³/mol. The van der Waals surface area contributed by atoms with Crippen molar-refractivity contribution in [3.05, 3.63) is 30.3 Å². The van der Waals surface area contributed by atoms with Crippen molar-refractivity contribution in [3.8, 4) is 5.75 Å². The lowest BCUT2D eigenvalue weighted by molar-refractivity contribution is -0.136. The number of carboxylic acid groups (broad SMARTS) is 1. The lowest BCUT2D eigenvalue weighted by Crippen LogP contribution is -2.63. The molecule has 0 radical (unpaired) electrons. The number of amides is 2. The molecule has 0 saturated heterocycles. The Kier molecular flexibility index (Phi) is 6.22. The second-order valence-electron chi connectivity index (χ2n) is 5.28. The van der Waals surface area contributed by atoms with Crippen LogP contribution in [-0.4, -0.2) is 48.5 Å². The van der Waals surface area contributed by atoms with Crippen molar-refractivity contribution >= 4 is 12.0 Å². The molecular formula is C16H22N2O5. The average Bonchev–Trinajstić information content (AvgIpc) is 2.52. The van der Waals surface area contributed by atoms with Gasteiger partial charge in [0.2, 0.25) is 0 Å². The second-order valence-corrected chi connectivity index (χ2v) is 5.28. The lowest BCUT2D eigenvalue weighted by atomic mass is 9.85. The first-order valence-corrected chi connectivity index (χ1v) is 7.69. The Labute approximate surface area is 135 Å². The van der Waals surface area contributed by atoms with E-state index in [1.54, 1.807) is 0 Å². The molecule has 3 unspecified atom stereocenters. The maximum atomic E-state index is 11.8. The second kappa shape index (κ2) is 8.38. The van der Waals surface area contributed by atoms with Crippen molar-refractivity contribution < 1.29 is 24.2 Å². The Morgan fingerprint density at radius 1 is 1.30 bits per heavy atom. The standard InChI is InChI=1S/C16H22N2O5/c1-2-22-13-10-12(18-16(21)17-9-8-14(19)20)15(13)23-11-6-4-3-5-7-11/h3-7,12-13,15H,2,8-10H2,1H3,(H,19,20)(H2,17,18,21). The summed E-state index contributed by atoms with van der Waals surface area (Å²) in [5.74, 6) is -0.226. The van der Waals surface area contributed by atoms with Crippen LogP contribution in [0.4, 0.5) is 4.79 Å². The largest absolute Gasteiger partial charge is 0.486 e. The summed E-state index contributed by atoms with van der Waals surface area (Å²) in [5, 5.41) is 13.9. The van der Waals surface area contributed by atoms with E-state index in [1.807, 2.05) is 37.3 Å². The Morgan fingerprint density at radius 2 is 2.04 bits per heavy atom. The first-order chi connectivity index (χ1) is 11.1. The molecule has 1 saturated carbocycles. The van der Waals surface area contributed by atoms with Crippen LogP contribution < -0.4 is 15.4 Å². The van der Waals surface area contributed by atoms with Gasteiger partial charge >= 0.3 is 12.0 Å². The summed E-state index contributed by atoms with van der Waals surface area (Å²) in [5.41, 5.74) is 0. The summed E-state index contributed by atoms with van der Waals surface area (Å²) in [4.78, 5) is 22.2. The molecule has 0 heterocycles. The number of urea groups is 1. The number of rotatable bonds is 8. The first-order valence-electron chi connectivity index (χ1n) is 7.69. The van der Waals surface area contributed by atoms with Crippen LogP contribution >= 0.6 is 0 Å². The third-order valence-electron chi connectivity index (χ3n) is 3.59. The van der Waals surface area contributed by atoms with Gasteiger partial charge in [-0.3, -0.25) is 4.79 Å². The zero-order valence-electron chi connectivity index (χ0n) is 13.0. The fourth-order valence-electron chi connectivity index (χ4n) is 2.42. The zero-order valence-corrected chi connectivity index (χ0v) is 13.0. The van der Waals surface area contributed by atoms with Crippen LogP contribution in [0.15, 0.2) is 30.3 Å². The molecule has 0 spiro atoms. The van der Waals surface area contributed by atoms with Gasteiger partial charge in [-0.2, -0.15) is 0 Å². The Balaban J connectivity index is 1.85. The van der Waals surface area contributed by atoms with E-state index in [4.69, 9.17) is 14.6 Å². The van der Waals surface area contributed by atoms with Gasteiger partial charge in [0.25, 0.3) is 0 Å². The van der Waals surface area contributed by atoms with Crippen LogP contribution in [0.5, 0.6) is 5.75 Å². The van der Waals surface area contributed by atoms with E-state index in [-0.39, 0.29) is 31.2 Å². The number of hydrogen-bond acceptors (Lipinski definition) is 4. The first kappa shape index (κ1) is 17.1. The van der Waals surface area contributed by atoms with E-state index in [2.05, 4.69) is 10.6 Å². The van der Waals surface area contributed by atoms with Crippen molar-refractivity contribution in [2.75, 3.05) is 13.2 Å². The molecule has 2 rings (SSSR count). The molecule has 2 amide bonds. The predicted octanol–water partition coefficient (Wildman–Crippen LogP) is 1.39. The number of carbonyl (C=O) groups is 2. The highest BCUT2D eigenvalue weighted by atomic mass is 16.5. The van der Waals surface area contributed by atoms with Crippen molar-refractivity contribution in [2.45, 2.75) is 38.0 Å². The molecule has 3 N–H and O–H groups in total. The summed E-state index contributed by atoms with van der Waals surface area (Å²) in [6.07, 6.45) is 0.230. The molecule has 0 bridgehead atoms. The van der Waals surface area contributed by atoms with Gasteiger partial charge in [-0.05, 0) is 19.1 Å². The number of nitrogens with one attached hydrogen (secondary N) is 2. The number of ether oxygens (including phenoxy) is 2. The van der Waals surface area contributed by atoms with Crippen LogP contribution in [0.1, 0.15) is 19.8 Å². The van der Waals surface area contributed by atoms with Gasteiger partial charge < -0.3 is 25.2 Å². The minimum absolute atomic E-state index is 0.0653. The highest BCUT2D eigenvalue weighted by Gasteiger charge is 2.44. The topological polar surface area (TPSA) is 96.9 Å². The van der Waals surface area contributed by atoms with Crippen molar-refractivity contribution in [1.82, 2.24) is 10.6 Å². The molecule has 126 valence electrons. The minimum Gasteiger partial charge on any atom is -0.486 e. The van der Waals surface area contributed by atoms with Gasteiger partial charge in [0.1, 0.15) is 11.9 Å². The minimum atomic E-state index is -0.948. The van der Waals surface area contributed by atoms with Crippen molar-refractivity contribution in [2.24, 2.45) is 0 Å². The van der Waals surface area contributed by atoms with Crippen LogP contribution in [-0.2, 0) is 9.53 Å². The highest BCUT2D eigenvalue weighted by Crippen LogP contribution is 2.29. The molecule has 0 aliphatic heterocycles. The Bertz CT molecular complexity index is 522. The van der Waals surface area contributed by atoms with E-state index < -0.39 is 12.0 Å². The zero-order chi connectivity index (χ0) is 16.7. The molecule has 1 aromatic carbocycles. The van der Waals surface area contributed by atoms with E-state index >= 15 is 0 Å². The maximum Gasteiger partial charge on any atom is 0.315 e. The van der Waals surface area contributed by atoms with E-state index in [0.717, 1.165) is 5.75 Å². The SMILES string of the molecule is CCOC1CC(NC(=O)NCCC(=O)O)C1Oc1ccccc1. The van der Waals surface area contributed by atoms with Gasteiger partial charge in [-0.15, -0.1) is 0 Å². The third kappa shape index (κ3) is 5.14. The van der Waals surface area contributed by atoms with E-state index in [9.17, 15) is 9.59 Å². The fraction of sp³-hybridized carbons (Fsp3) is 0.500. The van der Waals surface area contributed by atoms with Gasteiger partial charge in [0.15, 0.2) is 0 Å². The molecule has 1 fully saturated rings. The smallest absolute Gasteiger partial charge is 0.315 e. The molecule has 7 nitrogen and oxygen atoms in total. The average molecular weight is 322 g/mol. The number of para-hydroxylation sites is 1. The third-order valence-corrected chi connectivity index (χ3v) is 3.59. The van der Waals surface area contributed by atoms with Crippen molar-refractivity contribution in [3.63, 3.8) is 0 Å². The molecule has 3 atom stereocenters.